The van der Waals surface area contributed by atoms with E-state index >= 15 is 0 Å². The summed E-state index contributed by atoms with van der Waals surface area (Å²) in [6, 6.07) is 0. The molecule has 0 atom stereocenters. The van der Waals surface area contributed by atoms with Crippen molar-refractivity contribution in [3.63, 3.8) is 0 Å². The van der Waals surface area contributed by atoms with Gasteiger partial charge in [-0.3, -0.25) is 4.68 Å². The summed E-state index contributed by atoms with van der Waals surface area (Å²) in [5.41, 5.74) is 2.20. The zero-order chi connectivity index (χ0) is 14.9. The van der Waals surface area contributed by atoms with Crippen LogP contribution in [0.2, 0.25) is 0 Å². The van der Waals surface area contributed by atoms with E-state index in [0.717, 1.165) is 18.1 Å². The maximum Gasteiger partial charge on any atom is 0.211 e. The van der Waals surface area contributed by atoms with Crippen LogP contribution in [0.1, 0.15) is 11.3 Å². The Hall–Kier alpha value is -1.12. The Kier molecular flexibility index (Phi) is 4.36. The predicted molar refractivity (Wildman–Crippen MR) is 79.3 cm³/mol. The Morgan fingerprint density at radius 1 is 1.25 bits per heavy atom. The molecule has 2 heterocycles. The molecule has 0 amide bonds. The normalized spacial score (nSPS) is 17.7. The molecule has 0 aromatic carbocycles. The van der Waals surface area contributed by atoms with Crippen molar-refractivity contribution in [2.24, 2.45) is 7.05 Å². The molecule has 1 aliphatic rings. The van der Waals surface area contributed by atoms with E-state index in [9.17, 15) is 8.42 Å². The first kappa shape index (κ1) is 15.3. The zero-order valence-electron chi connectivity index (χ0n) is 12.5. The van der Waals surface area contributed by atoms with E-state index in [1.807, 2.05) is 25.7 Å². The third-order valence-electron chi connectivity index (χ3n) is 3.67. The Bertz CT molecular complexity index is 573. The van der Waals surface area contributed by atoms with Crippen LogP contribution in [0.5, 0.6) is 0 Å². The molecule has 0 unspecified atom stereocenters. The van der Waals surface area contributed by atoms with E-state index in [-0.39, 0.29) is 0 Å². The number of piperazine rings is 1. The Labute approximate surface area is 120 Å². The zero-order valence-corrected chi connectivity index (χ0v) is 13.4. The molecule has 0 bridgehead atoms. The molecule has 114 valence electrons. The number of anilines is 1. The molecule has 8 heteroatoms. The largest absolute Gasteiger partial charge is 0.354 e. The van der Waals surface area contributed by atoms with Crippen LogP contribution in [0.4, 0.5) is 5.82 Å². The summed E-state index contributed by atoms with van der Waals surface area (Å²) in [6.45, 7) is 5.22. The molecule has 0 radical (unpaired) electrons. The molecule has 1 fully saturated rings. The van der Waals surface area contributed by atoms with Gasteiger partial charge in [-0.2, -0.15) is 9.40 Å². The molecule has 2 rings (SSSR count). The summed E-state index contributed by atoms with van der Waals surface area (Å²) in [5, 5.41) is 7.64. The second-order valence-electron chi connectivity index (χ2n) is 5.19. The monoisotopic (exact) mass is 301 g/mol. The number of nitrogens with one attached hydrogen (secondary N) is 1. The van der Waals surface area contributed by atoms with Crippen molar-refractivity contribution in [3.8, 4) is 0 Å². The minimum absolute atomic E-state index is 0.530. The lowest BCUT2D eigenvalue weighted by Crippen LogP contribution is -2.49. The fourth-order valence-corrected chi connectivity index (χ4v) is 3.53. The Balaban J connectivity index is 2.19. The summed E-state index contributed by atoms with van der Waals surface area (Å²) in [4.78, 5) is 2.22. The molecule has 1 saturated heterocycles. The second kappa shape index (κ2) is 5.71. The third kappa shape index (κ3) is 2.97. The Morgan fingerprint density at radius 3 is 2.35 bits per heavy atom. The SMILES string of the molecule is CNCc1c(C)nn(C)c1N1CCN(S(C)(=O)=O)CC1. The van der Waals surface area contributed by atoms with Gasteiger partial charge in [-0.15, -0.1) is 0 Å². The first-order valence-electron chi connectivity index (χ1n) is 6.71. The van der Waals surface area contributed by atoms with E-state index in [2.05, 4.69) is 15.3 Å². The van der Waals surface area contributed by atoms with Crippen LogP contribution < -0.4 is 10.2 Å². The van der Waals surface area contributed by atoms with Crippen LogP contribution in [0.3, 0.4) is 0 Å². The van der Waals surface area contributed by atoms with Gasteiger partial charge in [-0.1, -0.05) is 0 Å². The van der Waals surface area contributed by atoms with Crippen molar-refractivity contribution in [1.82, 2.24) is 19.4 Å². The van der Waals surface area contributed by atoms with Crippen LogP contribution in [-0.2, 0) is 23.6 Å². The smallest absolute Gasteiger partial charge is 0.211 e. The van der Waals surface area contributed by atoms with Gasteiger partial charge in [-0.05, 0) is 14.0 Å². The molecule has 0 spiro atoms. The highest BCUT2D eigenvalue weighted by atomic mass is 32.2. The first-order chi connectivity index (χ1) is 9.34. The lowest BCUT2D eigenvalue weighted by Gasteiger charge is -2.35. The maximum absolute atomic E-state index is 11.5. The lowest BCUT2D eigenvalue weighted by molar-refractivity contribution is 0.385. The van der Waals surface area contributed by atoms with Crippen molar-refractivity contribution < 1.29 is 8.42 Å². The van der Waals surface area contributed by atoms with Gasteiger partial charge in [0.1, 0.15) is 5.82 Å². The van der Waals surface area contributed by atoms with Crippen molar-refractivity contribution in [3.05, 3.63) is 11.3 Å². The predicted octanol–water partition coefficient (Wildman–Crippen LogP) is -0.470. The van der Waals surface area contributed by atoms with Gasteiger partial charge < -0.3 is 10.2 Å². The average molecular weight is 301 g/mol. The minimum atomic E-state index is -3.08. The summed E-state index contributed by atoms with van der Waals surface area (Å²) in [6.07, 6.45) is 1.27. The molecule has 1 aromatic heterocycles. The van der Waals surface area contributed by atoms with E-state index < -0.39 is 10.0 Å². The molecule has 1 aliphatic heterocycles. The first-order valence-corrected chi connectivity index (χ1v) is 8.56. The molecule has 7 nitrogen and oxygen atoms in total. The summed E-state index contributed by atoms with van der Waals surface area (Å²) in [7, 11) is 0.765. The number of hydrogen-bond donors (Lipinski definition) is 1. The number of sulfonamides is 1. The number of aromatic nitrogens is 2. The van der Waals surface area contributed by atoms with Crippen LogP contribution in [0.15, 0.2) is 0 Å². The fourth-order valence-electron chi connectivity index (χ4n) is 2.70. The molecule has 1 aromatic rings. The summed E-state index contributed by atoms with van der Waals surface area (Å²) in [5.74, 6) is 1.09. The second-order valence-corrected chi connectivity index (χ2v) is 7.17. The molecule has 20 heavy (non-hydrogen) atoms. The van der Waals surface area contributed by atoms with Crippen molar-refractivity contribution in [2.45, 2.75) is 13.5 Å². The van der Waals surface area contributed by atoms with Gasteiger partial charge in [0, 0.05) is 45.3 Å². The van der Waals surface area contributed by atoms with E-state index in [0.29, 0.717) is 26.2 Å². The number of rotatable bonds is 4. The molecule has 1 N–H and O–H groups in total. The highest BCUT2D eigenvalue weighted by molar-refractivity contribution is 7.88. The van der Waals surface area contributed by atoms with Gasteiger partial charge >= 0.3 is 0 Å². The fraction of sp³-hybridized carbons (Fsp3) is 0.750. The molecule has 0 aliphatic carbocycles. The molecular formula is C12H23N5O2S. The van der Waals surface area contributed by atoms with Gasteiger partial charge in [0.2, 0.25) is 10.0 Å². The molecule has 0 saturated carbocycles. The summed E-state index contributed by atoms with van der Waals surface area (Å²) < 4.78 is 26.5. The van der Waals surface area contributed by atoms with Crippen LogP contribution >= 0.6 is 0 Å². The van der Waals surface area contributed by atoms with Crippen molar-refractivity contribution >= 4 is 15.8 Å². The van der Waals surface area contributed by atoms with Crippen molar-refractivity contribution in [1.29, 1.82) is 0 Å². The third-order valence-corrected chi connectivity index (χ3v) is 4.98. The van der Waals surface area contributed by atoms with Crippen molar-refractivity contribution in [2.75, 3.05) is 44.4 Å². The average Bonchev–Trinajstić information content (AvgIpc) is 2.64. The Morgan fingerprint density at radius 2 is 1.85 bits per heavy atom. The summed E-state index contributed by atoms with van der Waals surface area (Å²) >= 11 is 0. The van der Waals surface area contributed by atoms with Crippen LogP contribution in [-0.4, -0.2) is 62.0 Å². The minimum Gasteiger partial charge on any atom is -0.354 e. The number of nitrogens with zero attached hydrogens (tertiary/aromatic N) is 4. The van der Waals surface area contributed by atoms with Crippen LogP contribution in [0, 0.1) is 6.92 Å². The van der Waals surface area contributed by atoms with Crippen LogP contribution in [0.25, 0.3) is 0 Å². The topological polar surface area (TPSA) is 70.5 Å². The highest BCUT2D eigenvalue weighted by Crippen LogP contribution is 2.24. The lowest BCUT2D eigenvalue weighted by atomic mass is 10.2. The van der Waals surface area contributed by atoms with Gasteiger partial charge in [-0.25, -0.2) is 8.42 Å². The van der Waals surface area contributed by atoms with Gasteiger partial charge in [0.05, 0.1) is 11.9 Å². The number of aryl methyl sites for hydroxylation is 2. The van der Waals surface area contributed by atoms with Gasteiger partial charge in [0.25, 0.3) is 0 Å². The number of hydrogen-bond acceptors (Lipinski definition) is 5. The quantitative estimate of drug-likeness (QED) is 0.814. The highest BCUT2D eigenvalue weighted by Gasteiger charge is 2.26. The maximum atomic E-state index is 11.5. The van der Waals surface area contributed by atoms with E-state index in [1.165, 1.54) is 16.1 Å². The van der Waals surface area contributed by atoms with E-state index in [4.69, 9.17) is 0 Å². The standard InChI is InChI=1S/C12H23N5O2S/c1-10-11(9-13-2)12(15(3)14-10)16-5-7-17(8-6-16)20(4,18)19/h13H,5-9H2,1-4H3. The van der Waals surface area contributed by atoms with E-state index in [1.54, 1.807) is 0 Å². The molecular weight excluding hydrogens is 278 g/mol. The van der Waals surface area contributed by atoms with Gasteiger partial charge in [0.15, 0.2) is 0 Å².